The Morgan fingerprint density at radius 3 is 2.57 bits per heavy atom. The minimum absolute atomic E-state index is 0.00645. The summed E-state index contributed by atoms with van der Waals surface area (Å²) in [5.41, 5.74) is 2.87. The number of carbonyl (C=O) groups excluding carboxylic acids is 1. The maximum Gasteiger partial charge on any atom is 0.220 e. The number of carbonyl (C=O) groups is 1. The van der Waals surface area contributed by atoms with E-state index in [2.05, 4.69) is 36.1 Å². The Balaban J connectivity index is 1.93. The maximum absolute atomic E-state index is 11.8. The first-order valence-corrected chi connectivity index (χ1v) is 7.06. The van der Waals surface area contributed by atoms with Crippen LogP contribution in [0.15, 0.2) is 42.9 Å². The van der Waals surface area contributed by atoms with Crippen molar-refractivity contribution in [1.82, 2.24) is 15.3 Å². The highest BCUT2D eigenvalue weighted by atomic mass is 16.1. The van der Waals surface area contributed by atoms with Gasteiger partial charge in [0.25, 0.3) is 0 Å². The van der Waals surface area contributed by atoms with Crippen LogP contribution >= 0.6 is 0 Å². The number of nitrogens with one attached hydrogen (secondary N) is 1. The summed E-state index contributed by atoms with van der Waals surface area (Å²) in [6.07, 6.45) is 5.84. The van der Waals surface area contributed by atoms with Gasteiger partial charge in [-0.25, -0.2) is 0 Å². The van der Waals surface area contributed by atoms with Crippen LogP contribution in [0.3, 0.4) is 0 Å². The Labute approximate surface area is 125 Å². The summed E-state index contributed by atoms with van der Waals surface area (Å²) < 4.78 is 0. The van der Waals surface area contributed by atoms with Gasteiger partial charge in [-0.2, -0.15) is 0 Å². The van der Waals surface area contributed by atoms with E-state index in [1.165, 1.54) is 0 Å². The summed E-state index contributed by atoms with van der Waals surface area (Å²) >= 11 is 0. The van der Waals surface area contributed by atoms with E-state index in [1.54, 1.807) is 18.6 Å². The lowest BCUT2D eigenvalue weighted by atomic mass is 9.92. The average Bonchev–Trinajstić information content (AvgIpc) is 2.45. The van der Waals surface area contributed by atoms with Gasteiger partial charge in [0.05, 0.1) is 5.69 Å². The molecule has 21 heavy (non-hydrogen) atoms. The van der Waals surface area contributed by atoms with Gasteiger partial charge >= 0.3 is 0 Å². The van der Waals surface area contributed by atoms with Gasteiger partial charge < -0.3 is 5.32 Å². The molecule has 1 N–H and O–H groups in total. The minimum atomic E-state index is 0.00645. The summed E-state index contributed by atoms with van der Waals surface area (Å²) in [6, 6.07) is 7.78. The van der Waals surface area contributed by atoms with Crippen molar-refractivity contribution < 1.29 is 4.79 Å². The van der Waals surface area contributed by atoms with E-state index >= 15 is 0 Å². The van der Waals surface area contributed by atoms with Gasteiger partial charge in [0.15, 0.2) is 0 Å². The first kappa shape index (κ1) is 15.2. The summed E-state index contributed by atoms with van der Waals surface area (Å²) in [4.78, 5) is 20.3. The molecule has 0 aliphatic rings. The van der Waals surface area contributed by atoms with Crippen molar-refractivity contribution in [3.63, 3.8) is 0 Å². The number of amides is 1. The Kier molecular flexibility index (Phi) is 4.68. The third-order valence-electron chi connectivity index (χ3n) is 2.96. The Morgan fingerprint density at radius 1 is 1.19 bits per heavy atom. The molecule has 0 aliphatic heterocycles. The molecule has 2 heterocycles. The van der Waals surface area contributed by atoms with Crippen LogP contribution in [0.1, 0.15) is 32.8 Å². The monoisotopic (exact) mass is 283 g/mol. The molecule has 4 heteroatoms. The van der Waals surface area contributed by atoms with E-state index in [-0.39, 0.29) is 11.3 Å². The third-order valence-corrected chi connectivity index (χ3v) is 2.96. The van der Waals surface area contributed by atoms with Crippen molar-refractivity contribution in [3.8, 4) is 11.3 Å². The van der Waals surface area contributed by atoms with Crippen LogP contribution in [0.2, 0.25) is 0 Å². The van der Waals surface area contributed by atoms with Crippen LogP contribution in [0.25, 0.3) is 11.3 Å². The van der Waals surface area contributed by atoms with Crippen LogP contribution in [-0.4, -0.2) is 15.9 Å². The second kappa shape index (κ2) is 6.48. The van der Waals surface area contributed by atoms with E-state index in [0.717, 1.165) is 16.8 Å². The summed E-state index contributed by atoms with van der Waals surface area (Å²) in [7, 11) is 0. The second-order valence-electron chi connectivity index (χ2n) is 6.31. The normalized spacial score (nSPS) is 11.2. The predicted molar refractivity (Wildman–Crippen MR) is 83.4 cm³/mol. The largest absolute Gasteiger partial charge is 0.352 e. The SMILES string of the molecule is CC(C)(C)CC(=O)NCc1ccc(-c2cccnc2)nc1. The van der Waals surface area contributed by atoms with Gasteiger partial charge in [-0.15, -0.1) is 0 Å². The molecule has 0 saturated heterocycles. The second-order valence-corrected chi connectivity index (χ2v) is 6.31. The fourth-order valence-corrected chi connectivity index (χ4v) is 1.96. The molecule has 2 aromatic rings. The van der Waals surface area contributed by atoms with E-state index in [1.807, 2.05) is 24.3 Å². The molecular weight excluding hydrogens is 262 g/mol. The zero-order valence-electron chi connectivity index (χ0n) is 12.8. The third kappa shape index (κ3) is 4.99. The molecule has 0 aliphatic carbocycles. The molecule has 2 aromatic heterocycles. The first-order chi connectivity index (χ1) is 9.94. The fourth-order valence-electron chi connectivity index (χ4n) is 1.96. The zero-order chi connectivity index (χ0) is 15.3. The number of aromatic nitrogens is 2. The summed E-state index contributed by atoms with van der Waals surface area (Å²) in [6.45, 7) is 6.67. The number of hydrogen-bond acceptors (Lipinski definition) is 3. The van der Waals surface area contributed by atoms with Crippen LogP contribution in [0, 0.1) is 5.41 Å². The van der Waals surface area contributed by atoms with Gasteiger partial charge in [-0.05, 0) is 29.2 Å². The molecule has 4 nitrogen and oxygen atoms in total. The maximum atomic E-state index is 11.8. The Hall–Kier alpha value is -2.23. The summed E-state index contributed by atoms with van der Waals surface area (Å²) in [5, 5.41) is 2.92. The van der Waals surface area contributed by atoms with Gasteiger partial charge in [0.2, 0.25) is 5.91 Å². The number of rotatable bonds is 4. The fraction of sp³-hybridized carbons (Fsp3) is 0.353. The van der Waals surface area contributed by atoms with Gasteiger partial charge in [0, 0.05) is 37.1 Å². The molecule has 0 spiro atoms. The number of pyridine rings is 2. The van der Waals surface area contributed by atoms with Crippen LogP contribution in [-0.2, 0) is 11.3 Å². The molecule has 0 atom stereocenters. The quantitative estimate of drug-likeness (QED) is 0.937. The summed E-state index contributed by atoms with van der Waals surface area (Å²) in [5.74, 6) is 0.0684. The van der Waals surface area contributed by atoms with Crippen LogP contribution in [0.5, 0.6) is 0 Å². The van der Waals surface area contributed by atoms with Crippen molar-refractivity contribution >= 4 is 5.91 Å². The molecule has 0 saturated carbocycles. The van der Waals surface area contributed by atoms with E-state index in [0.29, 0.717) is 13.0 Å². The lowest BCUT2D eigenvalue weighted by Gasteiger charge is -2.17. The average molecular weight is 283 g/mol. The molecule has 0 fully saturated rings. The lowest BCUT2D eigenvalue weighted by Crippen LogP contribution is -2.27. The highest BCUT2D eigenvalue weighted by Gasteiger charge is 2.15. The molecule has 0 aromatic carbocycles. The van der Waals surface area contributed by atoms with Gasteiger partial charge in [-0.1, -0.05) is 26.8 Å². The van der Waals surface area contributed by atoms with Crippen LogP contribution < -0.4 is 5.32 Å². The molecule has 0 bridgehead atoms. The van der Waals surface area contributed by atoms with E-state index in [9.17, 15) is 4.79 Å². The molecule has 110 valence electrons. The standard InChI is InChI=1S/C17H21N3O/c1-17(2,3)9-16(21)20-11-13-6-7-15(19-10-13)14-5-4-8-18-12-14/h4-8,10,12H,9,11H2,1-3H3,(H,20,21). The highest BCUT2D eigenvalue weighted by Crippen LogP contribution is 2.18. The molecule has 0 unspecified atom stereocenters. The first-order valence-electron chi connectivity index (χ1n) is 7.06. The zero-order valence-corrected chi connectivity index (χ0v) is 12.8. The van der Waals surface area contributed by atoms with Gasteiger partial charge in [0.1, 0.15) is 0 Å². The van der Waals surface area contributed by atoms with Crippen molar-refractivity contribution in [2.75, 3.05) is 0 Å². The van der Waals surface area contributed by atoms with Crippen LogP contribution in [0.4, 0.5) is 0 Å². The lowest BCUT2D eigenvalue weighted by molar-refractivity contribution is -0.122. The van der Waals surface area contributed by atoms with Crippen molar-refractivity contribution in [3.05, 3.63) is 48.4 Å². The predicted octanol–water partition coefficient (Wildman–Crippen LogP) is 3.20. The van der Waals surface area contributed by atoms with Crippen molar-refractivity contribution in [2.24, 2.45) is 5.41 Å². The molecule has 0 radical (unpaired) electrons. The smallest absolute Gasteiger partial charge is 0.220 e. The van der Waals surface area contributed by atoms with Crippen molar-refractivity contribution in [2.45, 2.75) is 33.7 Å². The van der Waals surface area contributed by atoms with Gasteiger partial charge in [-0.3, -0.25) is 14.8 Å². The van der Waals surface area contributed by atoms with E-state index < -0.39 is 0 Å². The molecular formula is C17H21N3O. The Bertz CT molecular complexity index is 586. The number of hydrogen-bond donors (Lipinski definition) is 1. The highest BCUT2D eigenvalue weighted by molar-refractivity contribution is 5.76. The number of nitrogens with zero attached hydrogens (tertiary/aromatic N) is 2. The minimum Gasteiger partial charge on any atom is -0.352 e. The molecule has 1 amide bonds. The van der Waals surface area contributed by atoms with Crippen molar-refractivity contribution in [1.29, 1.82) is 0 Å². The topological polar surface area (TPSA) is 54.9 Å². The Morgan fingerprint density at radius 2 is 2.00 bits per heavy atom. The molecule has 2 rings (SSSR count). The van der Waals surface area contributed by atoms with E-state index in [4.69, 9.17) is 0 Å².